The zero-order valence-corrected chi connectivity index (χ0v) is 14.6. The van der Waals surface area contributed by atoms with E-state index in [4.69, 9.17) is 4.74 Å². The van der Waals surface area contributed by atoms with E-state index in [1.165, 1.54) is 5.70 Å². The average molecular weight is 342 g/mol. The molecular formula is C19H22N2O2S. The maximum Gasteiger partial charge on any atom is 0.130 e. The molecule has 1 unspecified atom stereocenters. The topological polar surface area (TPSA) is 54.4 Å². The van der Waals surface area contributed by atoms with Crippen LogP contribution >= 0.6 is 11.8 Å². The molecule has 2 aromatic rings. The summed E-state index contributed by atoms with van der Waals surface area (Å²) in [6.45, 7) is 2.27. The van der Waals surface area contributed by atoms with Crippen LogP contribution in [0.2, 0.25) is 0 Å². The predicted octanol–water partition coefficient (Wildman–Crippen LogP) is 3.39. The van der Waals surface area contributed by atoms with E-state index in [0.717, 1.165) is 34.9 Å². The van der Waals surface area contributed by atoms with Crippen LogP contribution in [-0.4, -0.2) is 28.3 Å². The molecule has 2 heterocycles. The number of thioether (sulfide) groups is 1. The van der Waals surface area contributed by atoms with Gasteiger partial charge in [-0.15, -0.1) is 11.8 Å². The fourth-order valence-corrected chi connectivity index (χ4v) is 3.21. The molecule has 1 aromatic carbocycles. The number of hydrogen-bond acceptors (Lipinski definition) is 5. The van der Waals surface area contributed by atoms with E-state index in [2.05, 4.69) is 23.3 Å². The zero-order chi connectivity index (χ0) is 16.8. The highest BCUT2D eigenvalue weighted by Crippen LogP contribution is 2.19. The van der Waals surface area contributed by atoms with Gasteiger partial charge in [0.05, 0.1) is 11.6 Å². The molecule has 0 bridgehead atoms. The van der Waals surface area contributed by atoms with Crippen molar-refractivity contribution >= 4 is 17.8 Å². The van der Waals surface area contributed by atoms with E-state index in [1.807, 2.05) is 48.2 Å². The quantitative estimate of drug-likeness (QED) is 0.843. The lowest BCUT2D eigenvalue weighted by Crippen LogP contribution is -2.11. The summed E-state index contributed by atoms with van der Waals surface area (Å²) in [5.41, 5.74) is 4.19. The third kappa shape index (κ3) is 4.52. The number of pyridine rings is 1. The number of aromatic nitrogens is 1. The first-order valence-corrected chi connectivity index (χ1v) is 9.28. The Morgan fingerprint density at radius 3 is 2.75 bits per heavy atom. The molecule has 126 valence electrons. The smallest absolute Gasteiger partial charge is 0.130 e. The molecule has 0 spiro atoms. The molecule has 4 nitrogen and oxygen atoms in total. The van der Waals surface area contributed by atoms with E-state index in [0.29, 0.717) is 5.69 Å². The van der Waals surface area contributed by atoms with Gasteiger partial charge in [-0.25, -0.2) is 0 Å². The molecule has 1 aliphatic rings. The van der Waals surface area contributed by atoms with Gasteiger partial charge in [-0.3, -0.25) is 4.98 Å². The lowest BCUT2D eigenvalue weighted by Gasteiger charge is -2.12. The summed E-state index contributed by atoms with van der Waals surface area (Å²) in [6.07, 6.45) is 4.17. The van der Waals surface area contributed by atoms with Gasteiger partial charge in [0.2, 0.25) is 0 Å². The van der Waals surface area contributed by atoms with Gasteiger partial charge >= 0.3 is 0 Å². The molecule has 1 atom stereocenters. The highest BCUT2D eigenvalue weighted by molar-refractivity contribution is 7.99. The van der Waals surface area contributed by atoms with E-state index >= 15 is 0 Å². The molecular weight excluding hydrogens is 320 g/mol. The lowest BCUT2D eigenvalue weighted by atomic mass is 10.1. The highest BCUT2D eigenvalue weighted by atomic mass is 32.2. The first-order chi connectivity index (χ1) is 11.7. The number of aryl methyl sites for hydroxylation is 1. The van der Waals surface area contributed by atoms with Crippen molar-refractivity contribution in [3.8, 4) is 5.75 Å². The number of nitrogens with zero attached hydrogens (tertiary/aromatic N) is 1. The Balaban J connectivity index is 1.54. The van der Waals surface area contributed by atoms with Crippen molar-refractivity contribution in [2.75, 3.05) is 18.2 Å². The molecule has 0 radical (unpaired) electrons. The van der Waals surface area contributed by atoms with Crippen LogP contribution in [0.15, 0.2) is 48.3 Å². The number of aliphatic hydroxyl groups is 1. The van der Waals surface area contributed by atoms with E-state index < -0.39 is 6.10 Å². The second kappa shape index (κ2) is 8.22. The van der Waals surface area contributed by atoms with Crippen molar-refractivity contribution in [2.24, 2.45) is 0 Å². The van der Waals surface area contributed by atoms with Gasteiger partial charge in [-0.2, -0.15) is 0 Å². The third-order valence-electron chi connectivity index (χ3n) is 3.88. The van der Waals surface area contributed by atoms with E-state index in [1.54, 1.807) is 6.20 Å². The number of nitrogens with one attached hydrogen (secondary N) is 1. The number of hydrogen-bond donors (Lipinski definition) is 2. The lowest BCUT2D eigenvalue weighted by molar-refractivity contribution is 0.104. The molecule has 0 saturated carbocycles. The summed E-state index contributed by atoms with van der Waals surface area (Å²) >= 11 is 1.88. The molecule has 5 heteroatoms. The second-order valence-electron chi connectivity index (χ2n) is 5.68. The Morgan fingerprint density at radius 2 is 2.12 bits per heavy atom. The minimum atomic E-state index is -0.725. The molecule has 2 N–H and O–H groups in total. The van der Waals surface area contributed by atoms with Crippen LogP contribution in [-0.2, 0) is 6.42 Å². The SMILES string of the molecule is CCc1ccc(C(O)COc2ccc(C=C3CSCN3)cc2)nc1. The second-order valence-corrected chi connectivity index (χ2v) is 6.67. The van der Waals surface area contributed by atoms with Gasteiger partial charge < -0.3 is 15.2 Å². The van der Waals surface area contributed by atoms with Crippen molar-refractivity contribution in [2.45, 2.75) is 19.4 Å². The van der Waals surface area contributed by atoms with Gasteiger partial charge in [-0.05, 0) is 41.8 Å². The van der Waals surface area contributed by atoms with Crippen molar-refractivity contribution < 1.29 is 9.84 Å². The largest absolute Gasteiger partial charge is 0.490 e. The summed E-state index contributed by atoms with van der Waals surface area (Å²) in [5, 5.41) is 13.5. The zero-order valence-electron chi connectivity index (χ0n) is 13.7. The van der Waals surface area contributed by atoms with E-state index in [9.17, 15) is 5.11 Å². The minimum Gasteiger partial charge on any atom is -0.490 e. The van der Waals surface area contributed by atoms with Crippen LogP contribution in [0.5, 0.6) is 5.75 Å². The highest BCUT2D eigenvalue weighted by Gasteiger charge is 2.10. The van der Waals surface area contributed by atoms with Crippen LogP contribution in [0.4, 0.5) is 0 Å². The maximum atomic E-state index is 10.2. The fraction of sp³-hybridized carbons (Fsp3) is 0.316. The number of aliphatic hydroxyl groups excluding tert-OH is 1. The van der Waals surface area contributed by atoms with Crippen LogP contribution in [0, 0.1) is 0 Å². The molecule has 1 fully saturated rings. The van der Waals surface area contributed by atoms with Gasteiger partial charge in [0.15, 0.2) is 0 Å². The first kappa shape index (κ1) is 16.9. The monoisotopic (exact) mass is 342 g/mol. The van der Waals surface area contributed by atoms with Crippen LogP contribution < -0.4 is 10.1 Å². The first-order valence-electron chi connectivity index (χ1n) is 8.12. The normalized spacial score (nSPS) is 16.8. The number of benzene rings is 1. The van der Waals surface area contributed by atoms with Gasteiger partial charge in [0.25, 0.3) is 0 Å². The Hall–Kier alpha value is -1.98. The van der Waals surface area contributed by atoms with Crippen molar-refractivity contribution in [3.05, 3.63) is 65.1 Å². The van der Waals surface area contributed by atoms with Crippen molar-refractivity contribution in [1.82, 2.24) is 10.3 Å². The van der Waals surface area contributed by atoms with Gasteiger partial charge in [-0.1, -0.05) is 25.1 Å². The van der Waals surface area contributed by atoms with Crippen LogP contribution in [0.25, 0.3) is 6.08 Å². The predicted molar refractivity (Wildman–Crippen MR) is 98.9 cm³/mol. The fourth-order valence-electron chi connectivity index (χ4n) is 2.41. The Kier molecular flexibility index (Phi) is 5.77. The summed E-state index contributed by atoms with van der Waals surface area (Å²) in [5.74, 6) is 2.77. The van der Waals surface area contributed by atoms with Crippen molar-refractivity contribution in [3.63, 3.8) is 0 Å². The Labute approximate surface area is 147 Å². The average Bonchev–Trinajstić information content (AvgIpc) is 3.14. The summed E-state index contributed by atoms with van der Waals surface area (Å²) in [4.78, 5) is 4.29. The number of rotatable bonds is 6. The molecule has 0 amide bonds. The van der Waals surface area contributed by atoms with Crippen molar-refractivity contribution in [1.29, 1.82) is 0 Å². The third-order valence-corrected chi connectivity index (χ3v) is 4.75. The van der Waals surface area contributed by atoms with Gasteiger partial charge in [0, 0.05) is 17.6 Å². The Bertz CT molecular complexity index is 676. The molecule has 1 saturated heterocycles. The summed E-state index contributed by atoms with van der Waals surface area (Å²) in [6, 6.07) is 11.7. The molecule has 24 heavy (non-hydrogen) atoms. The summed E-state index contributed by atoms with van der Waals surface area (Å²) < 4.78 is 5.67. The molecule has 3 rings (SSSR count). The summed E-state index contributed by atoms with van der Waals surface area (Å²) in [7, 11) is 0. The number of ether oxygens (including phenoxy) is 1. The van der Waals surface area contributed by atoms with E-state index in [-0.39, 0.29) is 6.61 Å². The maximum absolute atomic E-state index is 10.2. The molecule has 0 aliphatic carbocycles. The van der Waals surface area contributed by atoms with Crippen LogP contribution in [0.1, 0.15) is 29.8 Å². The van der Waals surface area contributed by atoms with Crippen LogP contribution in [0.3, 0.4) is 0 Å². The molecule has 1 aromatic heterocycles. The molecule has 1 aliphatic heterocycles. The standard InChI is InChI=1S/C19H22N2O2S/c1-2-14-5-8-18(20-10-14)19(22)11-23-17-6-3-15(4-7-17)9-16-12-24-13-21-16/h3-10,19,21-22H,2,11-13H2,1H3. The van der Waals surface area contributed by atoms with Gasteiger partial charge in [0.1, 0.15) is 18.5 Å². The minimum absolute atomic E-state index is 0.192. The Morgan fingerprint density at radius 1 is 1.29 bits per heavy atom.